The van der Waals surface area contributed by atoms with Crippen molar-refractivity contribution >= 4 is 0 Å². The molecule has 94 valence electrons. The Morgan fingerprint density at radius 1 is 1.50 bits per heavy atom. The number of nitrogens with one attached hydrogen (secondary N) is 1. The molecular weight excluding hydrogens is 198 g/mol. The van der Waals surface area contributed by atoms with E-state index in [1.54, 1.807) is 0 Å². The molecule has 1 rings (SSSR count). The molecule has 1 N–H and O–H groups in total. The minimum Gasteiger partial charge on any atom is -0.318 e. The van der Waals surface area contributed by atoms with Gasteiger partial charge in [-0.3, -0.25) is 4.90 Å². The quantitative estimate of drug-likeness (QED) is 0.725. The highest BCUT2D eigenvalue weighted by atomic mass is 15.3. The first-order valence-corrected chi connectivity index (χ1v) is 6.22. The summed E-state index contributed by atoms with van der Waals surface area (Å²) in [6.07, 6.45) is 3.24. The van der Waals surface area contributed by atoms with Crippen molar-refractivity contribution in [2.75, 3.05) is 40.3 Å². The van der Waals surface area contributed by atoms with E-state index < -0.39 is 0 Å². The lowest BCUT2D eigenvalue weighted by Crippen LogP contribution is -2.49. The molecule has 1 saturated heterocycles. The minimum absolute atomic E-state index is 0.283. The Morgan fingerprint density at radius 3 is 2.75 bits per heavy atom. The third-order valence-electron chi connectivity index (χ3n) is 3.78. The van der Waals surface area contributed by atoms with Crippen molar-refractivity contribution in [3.63, 3.8) is 0 Å². The van der Waals surface area contributed by atoms with Crippen LogP contribution in [-0.4, -0.2) is 61.7 Å². The molecule has 1 unspecified atom stereocenters. The average molecular weight is 225 g/mol. The van der Waals surface area contributed by atoms with Crippen molar-refractivity contribution in [1.29, 1.82) is 0 Å². The van der Waals surface area contributed by atoms with Crippen LogP contribution in [0, 0.1) is 0 Å². The van der Waals surface area contributed by atoms with Gasteiger partial charge in [0.1, 0.15) is 0 Å². The van der Waals surface area contributed by atoms with Crippen molar-refractivity contribution in [1.82, 2.24) is 15.1 Å². The molecule has 3 heteroatoms. The summed E-state index contributed by atoms with van der Waals surface area (Å²) < 4.78 is 0. The summed E-state index contributed by atoms with van der Waals surface area (Å²) in [7, 11) is 4.26. The van der Waals surface area contributed by atoms with Gasteiger partial charge in [-0.1, -0.05) is 6.08 Å². The maximum atomic E-state index is 3.87. The molecule has 0 aromatic rings. The Bertz CT molecular complexity index is 225. The number of likely N-dealkylation sites (N-methyl/N-ethyl adjacent to an activating group) is 2. The van der Waals surface area contributed by atoms with Crippen LogP contribution >= 0.6 is 0 Å². The molecule has 1 aliphatic heterocycles. The van der Waals surface area contributed by atoms with Crippen LogP contribution in [0.5, 0.6) is 0 Å². The molecule has 16 heavy (non-hydrogen) atoms. The summed E-state index contributed by atoms with van der Waals surface area (Å²) in [5, 5.41) is 3.29. The Hall–Kier alpha value is -0.380. The van der Waals surface area contributed by atoms with Crippen LogP contribution in [0.15, 0.2) is 12.7 Å². The van der Waals surface area contributed by atoms with Gasteiger partial charge in [0.05, 0.1) is 0 Å². The number of nitrogens with zero attached hydrogens (tertiary/aromatic N) is 2. The SMILES string of the molecule is C=CCN1CC(CNC)N(C)CCC1(C)C. The summed E-state index contributed by atoms with van der Waals surface area (Å²) in [4.78, 5) is 5.02. The average Bonchev–Trinajstić information content (AvgIpc) is 2.32. The van der Waals surface area contributed by atoms with Crippen molar-refractivity contribution < 1.29 is 0 Å². The first-order chi connectivity index (χ1) is 7.51. The van der Waals surface area contributed by atoms with Crippen LogP contribution in [-0.2, 0) is 0 Å². The van der Waals surface area contributed by atoms with Crippen molar-refractivity contribution in [2.45, 2.75) is 31.8 Å². The summed E-state index contributed by atoms with van der Waals surface area (Å²) >= 11 is 0. The summed E-state index contributed by atoms with van der Waals surface area (Å²) in [6, 6.07) is 0.603. The highest BCUT2D eigenvalue weighted by molar-refractivity contribution is 4.93. The van der Waals surface area contributed by atoms with Gasteiger partial charge in [0.2, 0.25) is 0 Å². The van der Waals surface area contributed by atoms with Crippen molar-refractivity contribution in [3.05, 3.63) is 12.7 Å². The van der Waals surface area contributed by atoms with E-state index in [-0.39, 0.29) is 5.54 Å². The van der Waals surface area contributed by atoms with Gasteiger partial charge in [0, 0.05) is 31.2 Å². The summed E-state index contributed by atoms with van der Waals surface area (Å²) in [6.45, 7) is 12.9. The lowest BCUT2D eigenvalue weighted by molar-refractivity contribution is 0.130. The second-order valence-corrected chi connectivity index (χ2v) is 5.45. The first kappa shape index (κ1) is 13.7. The van der Waals surface area contributed by atoms with E-state index in [0.29, 0.717) is 6.04 Å². The zero-order chi connectivity index (χ0) is 12.2. The van der Waals surface area contributed by atoms with E-state index in [0.717, 1.165) is 19.6 Å². The standard InChI is InChI=1S/C13H27N3/c1-6-8-16-11-12(10-14-4)15(5)9-7-13(16,2)3/h6,12,14H,1,7-11H2,2-5H3. The van der Waals surface area contributed by atoms with E-state index in [2.05, 4.69) is 42.6 Å². The van der Waals surface area contributed by atoms with E-state index in [1.165, 1.54) is 13.0 Å². The minimum atomic E-state index is 0.283. The van der Waals surface area contributed by atoms with Crippen LogP contribution in [0.1, 0.15) is 20.3 Å². The molecule has 0 aromatic carbocycles. The predicted octanol–water partition coefficient (Wildman–Crippen LogP) is 1.18. The maximum absolute atomic E-state index is 3.87. The second kappa shape index (κ2) is 5.80. The Morgan fingerprint density at radius 2 is 2.19 bits per heavy atom. The van der Waals surface area contributed by atoms with E-state index in [9.17, 15) is 0 Å². The molecule has 1 aliphatic rings. The molecule has 1 atom stereocenters. The number of hydrogen-bond acceptors (Lipinski definition) is 3. The number of hydrogen-bond donors (Lipinski definition) is 1. The van der Waals surface area contributed by atoms with Crippen LogP contribution < -0.4 is 5.32 Å². The smallest absolute Gasteiger partial charge is 0.0345 e. The third-order valence-corrected chi connectivity index (χ3v) is 3.78. The molecule has 0 radical (unpaired) electrons. The fourth-order valence-corrected chi connectivity index (χ4v) is 2.37. The zero-order valence-corrected chi connectivity index (χ0v) is 11.3. The molecule has 1 fully saturated rings. The van der Waals surface area contributed by atoms with Crippen molar-refractivity contribution in [3.8, 4) is 0 Å². The lowest BCUT2D eigenvalue weighted by atomic mass is 9.98. The van der Waals surface area contributed by atoms with Gasteiger partial charge in [-0.05, 0) is 40.9 Å². The van der Waals surface area contributed by atoms with Gasteiger partial charge >= 0.3 is 0 Å². The zero-order valence-electron chi connectivity index (χ0n) is 11.3. The van der Waals surface area contributed by atoms with E-state index in [4.69, 9.17) is 0 Å². The van der Waals surface area contributed by atoms with Crippen LogP contribution in [0.2, 0.25) is 0 Å². The normalized spacial score (nSPS) is 27.6. The molecule has 3 nitrogen and oxygen atoms in total. The lowest BCUT2D eigenvalue weighted by Gasteiger charge is -2.37. The summed E-state index contributed by atoms with van der Waals surface area (Å²) in [5.74, 6) is 0. The first-order valence-electron chi connectivity index (χ1n) is 6.22. The Balaban J connectivity index is 2.74. The molecule has 0 amide bonds. The van der Waals surface area contributed by atoms with Gasteiger partial charge in [-0.2, -0.15) is 0 Å². The maximum Gasteiger partial charge on any atom is 0.0345 e. The monoisotopic (exact) mass is 225 g/mol. The summed E-state index contributed by atoms with van der Waals surface area (Å²) in [5.41, 5.74) is 0.283. The topological polar surface area (TPSA) is 18.5 Å². The fraction of sp³-hybridized carbons (Fsp3) is 0.846. The Labute approximate surface area is 100 Å². The number of rotatable bonds is 4. The molecule has 0 bridgehead atoms. The molecule has 0 saturated carbocycles. The Kier molecular flexibility index (Phi) is 4.96. The highest BCUT2D eigenvalue weighted by Crippen LogP contribution is 2.23. The van der Waals surface area contributed by atoms with E-state index >= 15 is 0 Å². The molecule has 1 heterocycles. The molecular formula is C13H27N3. The van der Waals surface area contributed by atoms with Gasteiger partial charge < -0.3 is 10.2 Å². The fourth-order valence-electron chi connectivity index (χ4n) is 2.37. The predicted molar refractivity (Wildman–Crippen MR) is 70.8 cm³/mol. The van der Waals surface area contributed by atoms with Crippen LogP contribution in [0.3, 0.4) is 0 Å². The second-order valence-electron chi connectivity index (χ2n) is 5.45. The van der Waals surface area contributed by atoms with Gasteiger partial charge in [-0.25, -0.2) is 0 Å². The van der Waals surface area contributed by atoms with Crippen molar-refractivity contribution in [2.24, 2.45) is 0 Å². The van der Waals surface area contributed by atoms with Crippen LogP contribution in [0.25, 0.3) is 0 Å². The molecule has 0 aromatic heterocycles. The third kappa shape index (κ3) is 3.30. The van der Waals surface area contributed by atoms with Crippen LogP contribution in [0.4, 0.5) is 0 Å². The highest BCUT2D eigenvalue weighted by Gasteiger charge is 2.32. The van der Waals surface area contributed by atoms with Gasteiger partial charge in [0.15, 0.2) is 0 Å². The van der Waals surface area contributed by atoms with Gasteiger partial charge in [-0.15, -0.1) is 6.58 Å². The molecule has 0 aliphatic carbocycles. The largest absolute Gasteiger partial charge is 0.318 e. The van der Waals surface area contributed by atoms with E-state index in [1.807, 2.05) is 13.1 Å². The van der Waals surface area contributed by atoms with Gasteiger partial charge in [0.25, 0.3) is 0 Å². The molecule has 0 spiro atoms.